The van der Waals surface area contributed by atoms with Gasteiger partial charge in [-0.2, -0.15) is 4.37 Å². The summed E-state index contributed by atoms with van der Waals surface area (Å²) in [5, 5.41) is 8.62. The van der Waals surface area contributed by atoms with Crippen molar-refractivity contribution in [2.24, 2.45) is 0 Å². The highest BCUT2D eigenvalue weighted by atomic mass is 32.1. The molecule has 0 aromatic carbocycles. The molecular weight excluding hydrogens is 282 g/mol. The van der Waals surface area contributed by atoms with Gasteiger partial charge < -0.3 is 5.32 Å². The first kappa shape index (κ1) is 13.9. The maximum absolute atomic E-state index is 11.7. The van der Waals surface area contributed by atoms with E-state index in [1.807, 2.05) is 26.2 Å². The Morgan fingerprint density at radius 1 is 1.42 bits per heavy atom. The van der Waals surface area contributed by atoms with Gasteiger partial charge in [0.2, 0.25) is 5.13 Å². The number of nitrogens with zero attached hydrogens (tertiary/aromatic N) is 3. The standard InChI is InChI=1S/C11H15N5OS2/c1-11(2,3)8-14-10(19-16-8)15-9(17)13-6-7-12-4-5-18-7/h4-5H,6H2,1-3H3,(H2,13,14,15,16,17). The molecule has 0 spiro atoms. The maximum atomic E-state index is 11.7. The zero-order valence-corrected chi connectivity index (χ0v) is 12.6. The number of amides is 2. The van der Waals surface area contributed by atoms with E-state index in [2.05, 4.69) is 25.0 Å². The Balaban J connectivity index is 1.87. The highest BCUT2D eigenvalue weighted by Gasteiger charge is 2.20. The highest BCUT2D eigenvalue weighted by Crippen LogP contribution is 2.22. The molecule has 0 aliphatic heterocycles. The lowest BCUT2D eigenvalue weighted by atomic mass is 9.96. The number of hydrogen-bond acceptors (Lipinski definition) is 6. The van der Waals surface area contributed by atoms with Crippen LogP contribution in [0.2, 0.25) is 0 Å². The Morgan fingerprint density at radius 3 is 2.79 bits per heavy atom. The number of thiazole rings is 1. The van der Waals surface area contributed by atoms with Gasteiger partial charge in [-0.05, 0) is 0 Å². The minimum absolute atomic E-state index is 0.117. The van der Waals surface area contributed by atoms with E-state index in [1.54, 1.807) is 6.20 Å². The number of carbonyl (C=O) groups is 1. The lowest BCUT2D eigenvalue weighted by Crippen LogP contribution is -2.28. The molecule has 19 heavy (non-hydrogen) atoms. The number of hydrogen-bond donors (Lipinski definition) is 2. The number of rotatable bonds is 3. The van der Waals surface area contributed by atoms with Crippen LogP contribution in [0.4, 0.5) is 9.93 Å². The maximum Gasteiger partial charge on any atom is 0.321 e. The number of aromatic nitrogens is 3. The average Bonchev–Trinajstić information content (AvgIpc) is 2.95. The van der Waals surface area contributed by atoms with Crippen LogP contribution < -0.4 is 10.6 Å². The lowest BCUT2D eigenvalue weighted by molar-refractivity contribution is 0.251. The van der Waals surface area contributed by atoms with Gasteiger partial charge in [0.05, 0.1) is 6.54 Å². The third-order valence-electron chi connectivity index (χ3n) is 2.20. The molecule has 2 aromatic heterocycles. The molecule has 2 amide bonds. The van der Waals surface area contributed by atoms with Crippen LogP contribution in [-0.4, -0.2) is 20.4 Å². The summed E-state index contributed by atoms with van der Waals surface area (Å²) in [6.45, 7) is 6.50. The summed E-state index contributed by atoms with van der Waals surface area (Å²) < 4.78 is 4.23. The van der Waals surface area contributed by atoms with Crippen molar-refractivity contribution < 1.29 is 4.79 Å². The van der Waals surface area contributed by atoms with Gasteiger partial charge in [0.15, 0.2) is 0 Å². The van der Waals surface area contributed by atoms with Gasteiger partial charge in [0.1, 0.15) is 10.8 Å². The Morgan fingerprint density at radius 2 is 2.21 bits per heavy atom. The van der Waals surface area contributed by atoms with Gasteiger partial charge in [-0.3, -0.25) is 5.32 Å². The predicted octanol–water partition coefficient (Wildman–Crippen LogP) is 2.61. The van der Waals surface area contributed by atoms with Gasteiger partial charge >= 0.3 is 6.03 Å². The van der Waals surface area contributed by atoms with Crippen molar-refractivity contribution in [1.29, 1.82) is 0 Å². The minimum atomic E-state index is -0.299. The van der Waals surface area contributed by atoms with E-state index in [4.69, 9.17) is 0 Å². The summed E-state index contributed by atoms with van der Waals surface area (Å²) in [5.74, 6) is 0.729. The van der Waals surface area contributed by atoms with Gasteiger partial charge in [0, 0.05) is 28.5 Å². The van der Waals surface area contributed by atoms with Crippen molar-refractivity contribution in [2.45, 2.75) is 32.7 Å². The molecule has 102 valence electrons. The van der Waals surface area contributed by atoms with E-state index in [-0.39, 0.29) is 11.4 Å². The van der Waals surface area contributed by atoms with Crippen LogP contribution in [0.5, 0.6) is 0 Å². The largest absolute Gasteiger partial charge is 0.331 e. The molecule has 0 radical (unpaired) electrons. The van der Waals surface area contributed by atoms with E-state index >= 15 is 0 Å². The molecule has 0 saturated heterocycles. The zero-order valence-electron chi connectivity index (χ0n) is 10.9. The van der Waals surface area contributed by atoms with Crippen molar-refractivity contribution >= 4 is 34.0 Å². The molecule has 0 fully saturated rings. The fourth-order valence-corrected chi connectivity index (χ4v) is 2.53. The summed E-state index contributed by atoms with van der Waals surface area (Å²) in [4.78, 5) is 20.0. The van der Waals surface area contributed by atoms with Crippen molar-refractivity contribution in [3.05, 3.63) is 22.4 Å². The molecule has 2 heterocycles. The van der Waals surface area contributed by atoms with Crippen LogP contribution in [0.25, 0.3) is 0 Å². The summed E-state index contributed by atoms with van der Waals surface area (Å²) in [7, 11) is 0. The smallest absolute Gasteiger partial charge is 0.321 e. The molecule has 0 unspecified atom stereocenters. The third-order valence-corrected chi connectivity index (χ3v) is 3.61. The highest BCUT2D eigenvalue weighted by molar-refractivity contribution is 7.10. The minimum Gasteiger partial charge on any atom is -0.331 e. The molecule has 0 bridgehead atoms. The number of nitrogens with one attached hydrogen (secondary N) is 2. The van der Waals surface area contributed by atoms with E-state index in [0.717, 1.165) is 10.8 Å². The average molecular weight is 297 g/mol. The first-order chi connectivity index (χ1) is 8.95. The van der Waals surface area contributed by atoms with E-state index in [1.165, 1.54) is 22.9 Å². The van der Waals surface area contributed by atoms with Gasteiger partial charge in [0.25, 0.3) is 0 Å². The molecule has 6 nitrogen and oxygen atoms in total. The summed E-state index contributed by atoms with van der Waals surface area (Å²) in [6.07, 6.45) is 1.71. The van der Waals surface area contributed by atoms with E-state index in [9.17, 15) is 4.79 Å². The third kappa shape index (κ3) is 3.97. The van der Waals surface area contributed by atoms with Crippen LogP contribution in [0.15, 0.2) is 11.6 Å². The summed E-state index contributed by atoms with van der Waals surface area (Å²) in [5.41, 5.74) is -0.117. The lowest BCUT2D eigenvalue weighted by Gasteiger charge is -2.12. The molecule has 0 atom stereocenters. The van der Waals surface area contributed by atoms with Crippen molar-refractivity contribution in [1.82, 2.24) is 19.7 Å². The monoisotopic (exact) mass is 297 g/mol. The van der Waals surface area contributed by atoms with Crippen LogP contribution in [0.1, 0.15) is 31.6 Å². The second-order valence-electron chi connectivity index (χ2n) is 4.91. The zero-order chi connectivity index (χ0) is 13.9. The molecule has 2 N–H and O–H groups in total. The normalized spacial score (nSPS) is 11.3. The molecule has 0 saturated carbocycles. The van der Waals surface area contributed by atoms with Crippen molar-refractivity contribution in [2.75, 3.05) is 5.32 Å². The summed E-state index contributed by atoms with van der Waals surface area (Å²) >= 11 is 2.68. The predicted molar refractivity (Wildman–Crippen MR) is 76.6 cm³/mol. The topological polar surface area (TPSA) is 79.8 Å². The van der Waals surface area contributed by atoms with Crippen LogP contribution >= 0.6 is 22.9 Å². The van der Waals surface area contributed by atoms with Gasteiger partial charge in [-0.15, -0.1) is 11.3 Å². The van der Waals surface area contributed by atoms with Crippen LogP contribution in [0, 0.1) is 0 Å². The SMILES string of the molecule is CC(C)(C)c1nsc(NC(=O)NCc2nccs2)n1. The molecule has 0 aliphatic rings. The fourth-order valence-electron chi connectivity index (χ4n) is 1.22. The van der Waals surface area contributed by atoms with Gasteiger partial charge in [-0.25, -0.2) is 14.8 Å². The van der Waals surface area contributed by atoms with Crippen LogP contribution in [-0.2, 0) is 12.0 Å². The number of anilines is 1. The second-order valence-corrected chi connectivity index (χ2v) is 6.64. The molecule has 2 aromatic rings. The van der Waals surface area contributed by atoms with Crippen LogP contribution in [0.3, 0.4) is 0 Å². The van der Waals surface area contributed by atoms with E-state index in [0.29, 0.717) is 11.7 Å². The van der Waals surface area contributed by atoms with Gasteiger partial charge in [-0.1, -0.05) is 20.8 Å². The molecule has 2 rings (SSSR count). The fraction of sp³-hybridized carbons (Fsp3) is 0.455. The Hall–Kier alpha value is -1.54. The number of urea groups is 1. The quantitative estimate of drug-likeness (QED) is 0.912. The Bertz CT molecular complexity index is 544. The number of carbonyl (C=O) groups excluding carboxylic acids is 1. The molecular formula is C11H15N5OS2. The Labute approximate surface area is 119 Å². The second kappa shape index (κ2) is 5.62. The summed E-state index contributed by atoms with van der Waals surface area (Å²) in [6, 6.07) is -0.299. The molecule has 0 aliphatic carbocycles. The first-order valence-corrected chi connectivity index (χ1v) is 7.38. The van der Waals surface area contributed by atoms with Crippen molar-refractivity contribution in [3.63, 3.8) is 0 Å². The first-order valence-electron chi connectivity index (χ1n) is 5.72. The van der Waals surface area contributed by atoms with Crippen molar-refractivity contribution in [3.8, 4) is 0 Å². The Kier molecular flexibility index (Phi) is 4.11. The van der Waals surface area contributed by atoms with E-state index < -0.39 is 0 Å². The molecule has 8 heteroatoms.